The maximum Gasteiger partial charge on any atom is 0.246 e. The Hall–Kier alpha value is -3.51. The van der Waals surface area contributed by atoms with Crippen molar-refractivity contribution in [1.82, 2.24) is 35.1 Å². The number of aromatic nitrogens is 4. The van der Waals surface area contributed by atoms with Gasteiger partial charge in [-0.25, -0.2) is 9.97 Å². The molecule has 2 aliphatic rings. The number of imidazole rings is 2. The second-order valence-electron chi connectivity index (χ2n) is 14.2. The number of amides is 3. The first-order valence-electron chi connectivity index (χ1n) is 17.5. The fourth-order valence-corrected chi connectivity index (χ4v) is 6.88. The van der Waals surface area contributed by atoms with Gasteiger partial charge in [-0.1, -0.05) is 58.6 Å². The number of nitrogens with one attached hydrogen (secondary N) is 3. The lowest BCUT2D eigenvalue weighted by atomic mass is 9.96. The van der Waals surface area contributed by atoms with Crippen molar-refractivity contribution in [3.63, 3.8) is 0 Å². The fourth-order valence-electron chi connectivity index (χ4n) is 6.88. The predicted octanol–water partition coefficient (Wildman–Crippen LogP) is 6.58. The van der Waals surface area contributed by atoms with E-state index in [1.807, 2.05) is 79.2 Å². The van der Waals surface area contributed by atoms with Crippen LogP contribution in [0.3, 0.4) is 0 Å². The zero-order valence-electron chi connectivity index (χ0n) is 31.3. The number of likely N-dealkylation sites (tertiary alicyclic amines) is 2. The van der Waals surface area contributed by atoms with Crippen molar-refractivity contribution in [2.75, 3.05) is 13.1 Å². The molecule has 3 N–H and O–H groups in total. The minimum Gasteiger partial charge on any atom is -0.344 e. The molecule has 2 fully saturated rings. The lowest BCUT2D eigenvalue weighted by Crippen LogP contribution is -2.50. The van der Waals surface area contributed by atoms with Gasteiger partial charge in [0.1, 0.15) is 17.7 Å². The Morgan fingerprint density at radius 2 is 1.36 bits per heavy atom. The van der Waals surface area contributed by atoms with Crippen LogP contribution in [0.25, 0.3) is 22.3 Å². The summed E-state index contributed by atoms with van der Waals surface area (Å²) in [5.41, 5.74) is 5.41. The van der Waals surface area contributed by atoms with Gasteiger partial charge in [-0.05, 0) is 73.4 Å². The normalized spacial score (nSPS) is 17.5. The number of H-pyrrole nitrogens is 2. The van der Waals surface area contributed by atoms with Gasteiger partial charge in [0.25, 0.3) is 0 Å². The molecule has 2 aromatic carbocycles. The highest BCUT2D eigenvalue weighted by atomic mass is 32.1. The van der Waals surface area contributed by atoms with Crippen molar-refractivity contribution in [3.8, 4) is 23.1 Å². The summed E-state index contributed by atoms with van der Waals surface area (Å²) in [5.74, 6) is 8.36. The number of rotatable bonds is 8. The van der Waals surface area contributed by atoms with E-state index >= 15 is 0 Å². The average Bonchev–Trinajstić information content (AvgIpc) is 3.90. The van der Waals surface area contributed by atoms with Gasteiger partial charge >= 0.3 is 0 Å². The lowest BCUT2D eigenvalue weighted by Gasteiger charge is -2.30. The summed E-state index contributed by atoms with van der Waals surface area (Å²) < 4.78 is 0. The van der Waals surface area contributed by atoms with Crippen LogP contribution >= 0.6 is 54.0 Å². The van der Waals surface area contributed by atoms with Crippen molar-refractivity contribution < 1.29 is 14.4 Å². The second kappa shape index (κ2) is 19.7. The Balaban J connectivity index is 0.00000243. The van der Waals surface area contributed by atoms with Crippen molar-refractivity contribution in [1.29, 1.82) is 0 Å². The van der Waals surface area contributed by atoms with Crippen LogP contribution < -0.4 is 5.32 Å². The first kappa shape index (κ1) is 45.6. The molecule has 0 unspecified atom stereocenters. The SMILES string of the molecule is CC(=O)N[C@H](C(=O)N1CCC[C@H]1c1ncc(-c2ccc(C#Cc3ccc4nc([C@@H]5CCCN5C(=O)[C@@H](C)C(C)C)[nH]c4c3)cc2)[nH]1)C(C)C.S.S.S.S. The van der Waals surface area contributed by atoms with E-state index in [1.165, 1.54) is 6.92 Å². The Labute approximate surface area is 341 Å². The molecule has 0 bridgehead atoms. The number of hydrogen-bond acceptors (Lipinski definition) is 5. The monoisotopic (exact) mass is 797 g/mol. The van der Waals surface area contributed by atoms with Gasteiger partial charge in [-0.15, -0.1) is 0 Å². The van der Waals surface area contributed by atoms with Crippen molar-refractivity contribution in [3.05, 3.63) is 71.4 Å². The van der Waals surface area contributed by atoms with Gasteiger partial charge in [-0.2, -0.15) is 54.0 Å². The Morgan fingerprint density at radius 3 is 1.96 bits per heavy atom. The number of hydrogen-bond donors (Lipinski definition) is 3. The molecule has 6 rings (SSSR count). The molecule has 14 heteroatoms. The molecule has 0 radical (unpaired) electrons. The van der Waals surface area contributed by atoms with Crippen LogP contribution in [-0.2, 0) is 14.4 Å². The lowest BCUT2D eigenvalue weighted by molar-refractivity contribution is -0.138. The van der Waals surface area contributed by atoms with Crippen molar-refractivity contribution in [2.45, 2.75) is 85.4 Å². The first-order chi connectivity index (χ1) is 23.5. The third-order valence-electron chi connectivity index (χ3n) is 10.0. The molecule has 10 nitrogen and oxygen atoms in total. The predicted molar refractivity (Wildman–Crippen MR) is 231 cm³/mol. The van der Waals surface area contributed by atoms with Crippen LogP contribution in [0.2, 0.25) is 0 Å². The number of nitrogens with zero attached hydrogens (tertiary/aromatic N) is 4. The topological polar surface area (TPSA) is 127 Å². The smallest absolute Gasteiger partial charge is 0.246 e. The van der Waals surface area contributed by atoms with Gasteiger partial charge in [0.05, 0.1) is 35.0 Å². The summed E-state index contributed by atoms with van der Waals surface area (Å²) in [6.45, 7) is 13.0. The van der Waals surface area contributed by atoms with E-state index < -0.39 is 6.04 Å². The number of aromatic amines is 2. The maximum atomic E-state index is 13.4. The fraction of sp³-hybridized carbons (Fsp3) is 0.462. The van der Waals surface area contributed by atoms with Crippen LogP contribution in [0.15, 0.2) is 48.7 Å². The summed E-state index contributed by atoms with van der Waals surface area (Å²) in [6.07, 6.45) is 5.41. The highest BCUT2D eigenvalue weighted by molar-refractivity contribution is 7.59. The first-order valence-corrected chi connectivity index (χ1v) is 17.5. The molecule has 4 aromatic rings. The average molecular weight is 798 g/mol. The van der Waals surface area contributed by atoms with Gasteiger partial charge in [0.2, 0.25) is 17.7 Å². The zero-order valence-corrected chi connectivity index (χ0v) is 35.3. The van der Waals surface area contributed by atoms with E-state index in [2.05, 4.69) is 46.0 Å². The van der Waals surface area contributed by atoms with E-state index in [0.717, 1.165) is 77.3 Å². The molecular weight excluding hydrogens is 743 g/mol. The number of fused-ring (bicyclic) bond motifs is 1. The largest absolute Gasteiger partial charge is 0.344 e. The van der Waals surface area contributed by atoms with Crippen LogP contribution in [0, 0.1) is 29.6 Å². The molecule has 2 aliphatic heterocycles. The third-order valence-corrected chi connectivity index (χ3v) is 10.0. The summed E-state index contributed by atoms with van der Waals surface area (Å²) in [4.78, 5) is 58.6. The number of benzene rings is 2. The maximum absolute atomic E-state index is 13.4. The van der Waals surface area contributed by atoms with Gasteiger partial charge in [0.15, 0.2) is 0 Å². The van der Waals surface area contributed by atoms with E-state index in [0.29, 0.717) is 12.5 Å². The summed E-state index contributed by atoms with van der Waals surface area (Å²) in [5, 5.41) is 2.83. The van der Waals surface area contributed by atoms with Crippen molar-refractivity contribution in [2.24, 2.45) is 17.8 Å². The van der Waals surface area contributed by atoms with Gasteiger partial charge < -0.3 is 25.1 Å². The molecule has 0 saturated carbocycles. The molecule has 0 aliphatic carbocycles. The molecule has 4 heterocycles. The molecule has 2 saturated heterocycles. The highest BCUT2D eigenvalue weighted by Crippen LogP contribution is 2.34. The van der Waals surface area contributed by atoms with Crippen LogP contribution in [0.5, 0.6) is 0 Å². The molecule has 0 spiro atoms. The zero-order chi connectivity index (χ0) is 34.8. The van der Waals surface area contributed by atoms with Crippen LogP contribution in [0.4, 0.5) is 0 Å². The van der Waals surface area contributed by atoms with E-state index in [9.17, 15) is 14.4 Å². The van der Waals surface area contributed by atoms with E-state index in [4.69, 9.17) is 4.98 Å². The van der Waals surface area contributed by atoms with Crippen LogP contribution in [0.1, 0.15) is 102 Å². The summed E-state index contributed by atoms with van der Waals surface area (Å²) >= 11 is 0. The third kappa shape index (κ3) is 10.2. The number of carbonyl (C=O) groups excluding carboxylic acids is 3. The standard InChI is InChI=1S/C39H47N7O3.4H2S/c1-23(2)25(5)38(48)45-19-8-10-34(45)37-42-30-18-15-28(21-31(30)43-37)12-11-27-13-16-29(17-14-27)32-22-40-36(44-32)33-9-7-20-46(33)39(49)35(24(3)4)41-26(6)47;;;;/h13-18,21-25,33-35H,7-10,19-20H2,1-6H3,(H,40,44)(H,41,47)(H,42,43);4*1H2/t25-,33-,34-,35-;;;;/m0..../s1. The van der Waals surface area contributed by atoms with Gasteiger partial charge in [-0.3, -0.25) is 14.4 Å². The highest BCUT2D eigenvalue weighted by Gasteiger charge is 2.37. The Kier molecular flexibility index (Phi) is 17.0. The quantitative estimate of drug-likeness (QED) is 0.174. The van der Waals surface area contributed by atoms with Crippen LogP contribution in [-0.4, -0.2) is 66.6 Å². The molecule has 288 valence electrons. The van der Waals surface area contributed by atoms with E-state index in [1.54, 1.807) is 0 Å². The van der Waals surface area contributed by atoms with Crippen molar-refractivity contribution >= 4 is 82.7 Å². The Bertz CT molecular complexity index is 1910. The minimum atomic E-state index is -0.557. The minimum absolute atomic E-state index is 0. The molecule has 4 atom stereocenters. The van der Waals surface area contributed by atoms with Gasteiger partial charge in [0, 0.05) is 37.1 Å². The van der Waals surface area contributed by atoms with E-state index in [-0.39, 0.29) is 95.6 Å². The number of carbonyl (C=O) groups is 3. The summed E-state index contributed by atoms with van der Waals surface area (Å²) in [7, 11) is 0. The molecule has 3 amide bonds. The summed E-state index contributed by atoms with van der Waals surface area (Å²) in [6, 6.07) is 13.3. The Morgan fingerprint density at radius 1 is 0.774 bits per heavy atom. The molecule has 53 heavy (non-hydrogen) atoms. The second-order valence-corrected chi connectivity index (χ2v) is 14.2. The molecular formula is C39H55N7O3S4. The molecule has 2 aromatic heterocycles.